The number of allylic oxidation sites excluding steroid dienone is 2. The van der Waals surface area contributed by atoms with E-state index in [-0.39, 0.29) is 34.9 Å². The first kappa shape index (κ1) is 16.5. The molecular weight excluding hydrogens is 361 g/mol. The van der Waals surface area contributed by atoms with Crippen molar-refractivity contribution in [2.24, 2.45) is 7.05 Å². The Morgan fingerprint density at radius 2 is 1.75 bits per heavy atom. The molecule has 0 unspecified atom stereocenters. The molecule has 0 radical (unpaired) electrons. The summed E-state index contributed by atoms with van der Waals surface area (Å²) < 4.78 is 21.2. The minimum absolute atomic E-state index is 0.0426. The summed E-state index contributed by atoms with van der Waals surface area (Å²) in [4.78, 5) is 25.5. The predicted molar refractivity (Wildman–Crippen MR) is 102 cm³/mol. The smallest absolute Gasteiger partial charge is 0.172 e. The molecule has 0 aliphatic heterocycles. The fourth-order valence-corrected chi connectivity index (χ4v) is 3.95. The number of aromatic hydroxyl groups is 1. The number of hydrogen-bond acceptors (Lipinski definition) is 4. The standard InChI is InChI=1S/C22H14FNO4/c1-24-9-15(14-6-11(23)2-5-17(14)24)21-18(26)8-19(27)22(21)16-10-28-20-7-12(25)3-4-13(16)20/h2-7,9-10,25H,8H2,1H3. The van der Waals surface area contributed by atoms with Gasteiger partial charge in [0, 0.05) is 57.9 Å². The molecule has 0 saturated heterocycles. The van der Waals surface area contributed by atoms with E-state index in [1.165, 1.54) is 30.5 Å². The highest BCUT2D eigenvalue weighted by molar-refractivity contribution is 6.52. The van der Waals surface area contributed by atoms with Crippen molar-refractivity contribution in [1.29, 1.82) is 0 Å². The number of phenolic OH excluding ortho intramolecular Hbond substituents is 1. The van der Waals surface area contributed by atoms with Crippen molar-refractivity contribution in [2.75, 3.05) is 0 Å². The molecule has 28 heavy (non-hydrogen) atoms. The molecule has 1 aliphatic carbocycles. The number of benzene rings is 2. The first-order valence-corrected chi connectivity index (χ1v) is 8.70. The Morgan fingerprint density at radius 1 is 1.00 bits per heavy atom. The zero-order valence-electron chi connectivity index (χ0n) is 14.8. The number of aromatic nitrogens is 1. The van der Waals surface area contributed by atoms with E-state index in [4.69, 9.17) is 4.42 Å². The SMILES string of the molecule is Cn1cc(C2=C(c3coc4cc(O)ccc34)C(=O)CC2=O)c2cc(F)ccc21. The van der Waals surface area contributed by atoms with Gasteiger partial charge in [0.2, 0.25) is 0 Å². The summed E-state index contributed by atoms with van der Waals surface area (Å²) in [5.74, 6) is -0.974. The number of hydrogen-bond donors (Lipinski definition) is 1. The zero-order chi connectivity index (χ0) is 19.6. The lowest BCUT2D eigenvalue weighted by atomic mass is 9.95. The van der Waals surface area contributed by atoms with Crippen molar-refractivity contribution in [2.45, 2.75) is 6.42 Å². The average molecular weight is 375 g/mol. The van der Waals surface area contributed by atoms with Crippen LogP contribution in [0.4, 0.5) is 4.39 Å². The molecule has 0 amide bonds. The quantitative estimate of drug-likeness (QED) is 0.533. The minimum atomic E-state index is -0.414. The molecule has 1 aliphatic rings. The molecule has 138 valence electrons. The first-order chi connectivity index (χ1) is 13.4. The maximum atomic E-state index is 13.9. The number of carbonyl (C=O) groups is 2. The summed E-state index contributed by atoms with van der Waals surface area (Å²) in [5.41, 5.74) is 2.74. The number of ketones is 2. The molecule has 0 spiro atoms. The molecule has 5 rings (SSSR count). The number of Topliss-reactive ketones (excluding diaryl/α,β-unsaturated/α-hetero) is 2. The number of aryl methyl sites for hydroxylation is 1. The van der Waals surface area contributed by atoms with Gasteiger partial charge in [0.1, 0.15) is 17.1 Å². The highest BCUT2D eigenvalue weighted by atomic mass is 19.1. The summed E-state index contributed by atoms with van der Waals surface area (Å²) >= 11 is 0. The Kier molecular flexibility index (Phi) is 3.34. The van der Waals surface area contributed by atoms with Gasteiger partial charge < -0.3 is 14.1 Å². The predicted octanol–water partition coefficient (Wildman–Crippen LogP) is 4.22. The van der Waals surface area contributed by atoms with Crippen molar-refractivity contribution in [3.63, 3.8) is 0 Å². The number of nitrogens with zero attached hydrogens (tertiary/aromatic N) is 1. The largest absolute Gasteiger partial charge is 0.508 e. The zero-order valence-corrected chi connectivity index (χ0v) is 14.8. The number of halogens is 1. The normalized spacial score (nSPS) is 14.8. The molecule has 0 fully saturated rings. The maximum absolute atomic E-state index is 13.9. The van der Waals surface area contributed by atoms with E-state index in [2.05, 4.69) is 0 Å². The lowest BCUT2D eigenvalue weighted by Crippen LogP contribution is -1.96. The monoisotopic (exact) mass is 375 g/mol. The van der Waals surface area contributed by atoms with Gasteiger partial charge in [0.05, 0.1) is 12.7 Å². The van der Waals surface area contributed by atoms with Gasteiger partial charge in [-0.3, -0.25) is 9.59 Å². The summed E-state index contributed by atoms with van der Waals surface area (Å²) in [6.07, 6.45) is 2.92. The van der Waals surface area contributed by atoms with Crippen molar-refractivity contribution in [3.8, 4) is 5.75 Å². The van der Waals surface area contributed by atoms with Crippen molar-refractivity contribution in [3.05, 3.63) is 65.8 Å². The molecule has 0 saturated carbocycles. The topological polar surface area (TPSA) is 72.4 Å². The molecule has 2 aromatic carbocycles. The van der Waals surface area contributed by atoms with Gasteiger partial charge in [0.25, 0.3) is 0 Å². The number of fused-ring (bicyclic) bond motifs is 2. The van der Waals surface area contributed by atoms with E-state index < -0.39 is 5.82 Å². The second-order valence-corrected chi connectivity index (χ2v) is 6.92. The number of rotatable bonds is 2. The van der Waals surface area contributed by atoms with Gasteiger partial charge >= 0.3 is 0 Å². The molecule has 2 aromatic heterocycles. The van der Waals surface area contributed by atoms with Crippen LogP contribution in [-0.2, 0) is 16.6 Å². The highest BCUT2D eigenvalue weighted by Gasteiger charge is 2.35. The Morgan fingerprint density at radius 3 is 2.54 bits per heavy atom. The second kappa shape index (κ2) is 5.66. The van der Waals surface area contributed by atoms with Gasteiger partial charge in [-0.15, -0.1) is 0 Å². The van der Waals surface area contributed by atoms with Crippen LogP contribution in [0, 0.1) is 5.82 Å². The number of phenols is 1. The van der Waals surface area contributed by atoms with Crippen LogP contribution in [0.1, 0.15) is 17.5 Å². The van der Waals surface area contributed by atoms with Gasteiger partial charge in [0.15, 0.2) is 11.6 Å². The lowest BCUT2D eigenvalue weighted by molar-refractivity contribution is -0.119. The molecule has 6 heteroatoms. The van der Waals surface area contributed by atoms with E-state index >= 15 is 0 Å². The summed E-state index contributed by atoms with van der Waals surface area (Å²) in [6.45, 7) is 0. The van der Waals surface area contributed by atoms with Gasteiger partial charge in [-0.2, -0.15) is 0 Å². The van der Waals surface area contributed by atoms with Crippen LogP contribution in [0.5, 0.6) is 5.75 Å². The molecule has 0 bridgehead atoms. The molecule has 5 nitrogen and oxygen atoms in total. The lowest BCUT2D eigenvalue weighted by Gasteiger charge is -2.04. The molecule has 1 N–H and O–H groups in total. The average Bonchev–Trinajstić information content (AvgIpc) is 3.28. The molecule has 4 aromatic rings. The van der Waals surface area contributed by atoms with Gasteiger partial charge in [-0.25, -0.2) is 4.39 Å². The van der Waals surface area contributed by atoms with E-state index in [1.54, 1.807) is 29.9 Å². The Bertz CT molecular complexity index is 1360. The fraction of sp³-hybridized carbons (Fsp3) is 0.0909. The van der Waals surface area contributed by atoms with Crippen LogP contribution in [0.25, 0.3) is 33.0 Å². The molecular formula is C22H14FNO4. The number of carbonyl (C=O) groups excluding carboxylic acids is 2. The summed E-state index contributed by atoms with van der Waals surface area (Å²) in [7, 11) is 1.81. The van der Waals surface area contributed by atoms with E-state index in [0.717, 1.165) is 5.52 Å². The van der Waals surface area contributed by atoms with Crippen LogP contribution in [-0.4, -0.2) is 21.2 Å². The van der Waals surface area contributed by atoms with E-state index in [9.17, 15) is 19.1 Å². The minimum Gasteiger partial charge on any atom is -0.508 e. The van der Waals surface area contributed by atoms with E-state index in [0.29, 0.717) is 27.5 Å². The Labute approximate surface area is 158 Å². The van der Waals surface area contributed by atoms with Crippen LogP contribution < -0.4 is 0 Å². The van der Waals surface area contributed by atoms with Crippen LogP contribution in [0.2, 0.25) is 0 Å². The van der Waals surface area contributed by atoms with Crippen LogP contribution in [0.15, 0.2) is 53.3 Å². The van der Waals surface area contributed by atoms with Crippen molar-refractivity contribution < 1.29 is 23.5 Å². The third-order valence-corrected chi connectivity index (χ3v) is 5.18. The maximum Gasteiger partial charge on any atom is 0.172 e. The Hall–Kier alpha value is -3.67. The summed E-state index contributed by atoms with van der Waals surface area (Å²) in [6, 6.07) is 8.97. The van der Waals surface area contributed by atoms with Crippen molar-refractivity contribution >= 4 is 44.6 Å². The fourth-order valence-electron chi connectivity index (χ4n) is 3.95. The molecule has 0 atom stereocenters. The second-order valence-electron chi connectivity index (χ2n) is 6.92. The first-order valence-electron chi connectivity index (χ1n) is 8.70. The third kappa shape index (κ3) is 2.24. The third-order valence-electron chi connectivity index (χ3n) is 5.18. The number of furan rings is 1. The highest BCUT2D eigenvalue weighted by Crippen LogP contribution is 2.41. The Balaban J connectivity index is 1.85. The van der Waals surface area contributed by atoms with Crippen molar-refractivity contribution in [1.82, 2.24) is 4.57 Å². The van der Waals surface area contributed by atoms with Crippen LogP contribution >= 0.6 is 0 Å². The van der Waals surface area contributed by atoms with Crippen LogP contribution in [0.3, 0.4) is 0 Å². The van der Waals surface area contributed by atoms with E-state index in [1.807, 2.05) is 0 Å². The van der Waals surface area contributed by atoms with Gasteiger partial charge in [-0.05, 0) is 30.3 Å². The van der Waals surface area contributed by atoms with Gasteiger partial charge in [-0.1, -0.05) is 0 Å². The summed E-state index contributed by atoms with van der Waals surface area (Å²) in [5, 5.41) is 10.8. The molecule has 2 heterocycles.